The van der Waals surface area contributed by atoms with Crippen molar-refractivity contribution < 1.29 is 19.4 Å². The normalized spacial score (nSPS) is 12.2. The minimum Gasteiger partial charge on any atom is -0.463 e. The van der Waals surface area contributed by atoms with E-state index in [9.17, 15) is 4.79 Å². The number of rotatable bonds is 6. The quantitative estimate of drug-likeness (QED) is 0.793. The van der Waals surface area contributed by atoms with Crippen molar-refractivity contribution in [3.8, 4) is 0 Å². The van der Waals surface area contributed by atoms with E-state index in [0.29, 0.717) is 5.02 Å². The fourth-order valence-corrected chi connectivity index (χ4v) is 1.53. The number of halogens is 1. The predicted molar refractivity (Wildman–Crippen MR) is 63.9 cm³/mol. The number of hydrogen-bond acceptors (Lipinski definition) is 4. The van der Waals surface area contributed by atoms with Gasteiger partial charge in [-0.05, 0) is 17.7 Å². The lowest BCUT2D eigenvalue weighted by atomic mass is 10.1. The lowest BCUT2D eigenvalue weighted by molar-refractivity contribution is -0.145. The van der Waals surface area contributed by atoms with Gasteiger partial charge in [0.2, 0.25) is 0 Å². The lowest BCUT2D eigenvalue weighted by Crippen LogP contribution is -2.15. The number of esters is 1. The highest BCUT2D eigenvalue weighted by Crippen LogP contribution is 2.21. The van der Waals surface area contributed by atoms with E-state index in [1.807, 2.05) is 6.07 Å². The molecule has 0 radical (unpaired) electrons. The third-order valence-corrected chi connectivity index (χ3v) is 2.30. The van der Waals surface area contributed by atoms with Gasteiger partial charge in [0.15, 0.2) is 0 Å². The standard InChI is InChI=1S/C12H15ClO4/c1-9(15)17-8-12(16-6-5-14)10-3-2-4-11(13)7-10/h2-4,7,12,14H,5-6,8H2,1H3. The monoisotopic (exact) mass is 258 g/mol. The first kappa shape index (κ1) is 14.0. The molecule has 1 atom stereocenters. The molecule has 0 fully saturated rings. The summed E-state index contributed by atoms with van der Waals surface area (Å²) in [4.78, 5) is 10.8. The molecule has 1 unspecified atom stereocenters. The molecule has 4 nitrogen and oxygen atoms in total. The highest BCUT2D eigenvalue weighted by Gasteiger charge is 2.14. The van der Waals surface area contributed by atoms with Gasteiger partial charge in [0.05, 0.1) is 13.2 Å². The van der Waals surface area contributed by atoms with E-state index in [1.165, 1.54) is 6.92 Å². The molecular weight excluding hydrogens is 244 g/mol. The summed E-state index contributed by atoms with van der Waals surface area (Å²) >= 11 is 5.87. The molecular formula is C12H15ClO4. The van der Waals surface area contributed by atoms with Crippen molar-refractivity contribution in [3.63, 3.8) is 0 Å². The Morgan fingerprint density at radius 2 is 2.29 bits per heavy atom. The molecule has 0 saturated carbocycles. The van der Waals surface area contributed by atoms with Crippen LogP contribution in [0.25, 0.3) is 0 Å². The highest BCUT2D eigenvalue weighted by molar-refractivity contribution is 6.30. The molecule has 1 rings (SSSR count). The Morgan fingerprint density at radius 1 is 1.53 bits per heavy atom. The van der Waals surface area contributed by atoms with E-state index in [2.05, 4.69) is 0 Å². The summed E-state index contributed by atoms with van der Waals surface area (Å²) in [6.07, 6.45) is -0.412. The van der Waals surface area contributed by atoms with Crippen molar-refractivity contribution in [1.29, 1.82) is 0 Å². The summed E-state index contributed by atoms with van der Waals surface area (Å²) in [5, 5.41) is 9.32. The predicted octanol–water partition coefficient (Wildman–Crippen LogP) is 1.95. The molecule has 1 aromatic carbocycles. The van der Waals surface area contributed by atoms with Crippen molar-refractivity contribution in [2.24, 2.45) is 0 Å². The van der Waals surface area contributed by atoms with E-state index in [1.54, 1.807) is 18.2 Å². The summed E-state index contributed by atoms with van der Waals surface area (Å²) in [5.74, 6) is -0.371. The number of carbonyl (C=O) groups excluding carboxylic acids is 1. The average Bonchev–Trinajstić information content (AvgIpc) is 2.29. The maximum Gasteiger partial charge on any atom is 0.302 e. The SMILES string of the molecule is CC(=O)OCC(OCCO)c1cccc(Cl)c1. The smallest absolute Gasteiger partial charge is 0.302 e. The zero-order valence-corrected chi connectivity index (χ0v) is 10.3. The first-order valence-corrected chi connectivity index (χ1v) is 5.62. The van der Waals surface area contributed by atoms with E-state index in [0.717, 1.165) is 5.56 Å². The number of benzene rings is 1. The minimum atomic E-state index is -0.412. The van der Waals surface area contributed by atoms with Crippen molar-refractivity contribution in [3.05, 3.63) is 34.9 Å². The Labute approximate surface area is 105 Å². The second-order valence-electron chi connectivity index (χ2n) is 3.44. The highest BCUT2D eigenvalue weighted by atomic mass is 35.5. The lowest BCUT2D eigenvalue weighted by Gasteiger charge is -2.17. The van der Waals surface area contributed by atoms with Gasteiger partial charge in [0, 0.05) is 11.9 Å². The molecule has 0 saturated heterocycles. The third kappa shape index (κ3) is 5.17. The molecule has 5 heteroatoms. The van der Waals surface area contributed by atoms with Crippen molar-refractivity contribution in [1.82, 2.24) is 0 Å². The zero-order chi connectivity index (χ0) is 12.7. The average molecular weight is 259 g/mol. The first-order valence-electron chi connectivity index (χ1n) is 5.24. The van der Waals surface area contributed by atoms with Gasteiger partial charge in [-0.25, -0.2) is 0 Å². The van der Waals surface area contributed by atoms with Crippen molar-refractivity contribution >= 4 is 17.6 Å². The zero-order valence-electron chi connectivity index (χ0n) is 9.56. The Hall–Kier alpha value is -1.10. The van der Waals surface area contributed by atoms with E-state index in [4.69, 9.17) is 26.2 Å². The molecule has 0 aliphatic carbocycles. The summed E-state index contributed by atoms with van der Waals surface area (Å²) in [7, 11) is 0. The summed E-state index contributed by atoms with van der Waals surface area (Å²) in [6.45, 7) is 1.53. The Morgan fingerprint density at radius 3 is 2.88 bits per heavy atom. The van der Waals surface area contributed by atoms with Gasteiger partial charge in [0.1, 0.15) is 12.7 Å². The number of carbonyl (C=O) groups is 1. The first-order chi connectivity index (χ1) is 8.13. The maximum atomic E-state index is 10.8. The Kier molecular flexibility index (Phi) is 5.97. The van der Waals surface area contributed by atoms with Crippen LogP contribution in [0.4, 0.5) is 0 Å². The maximum absolute atomic E-state index is 10.8. The van der Waals surface area contributed by atoms with Gasteiger partial charge in [0.25, 0.3) is 0 Å². The van der Waals surface area contributed by atoms with Crippen LogP contribution >= 0.6 is 11.6 Å². The molecule has 0 aliphatic heterocycles. The van der Waals surface area contributed by atoms with Gasteiger partial charge in [-0.15, -0.1) is 0 Å². The van der Waals surface area contributed by atoms with Crippen LogP contribution in [0.1, 0.15) is 18.6 Å². The molecule has 1 N–H and O–H groups in total. The number of aliphatic hydroxyl groups is 1. The molecule has 17 heavy (non-hydrogen) atoms. The third-order valence-electron chi connectivity index (χ3n) is 2.07. The molecule has 0 aromatic heterocycles. The van der Waals surface area contributed by atoms with Gasteiger partial charge in [-0.2, -0.15) is 0 Å². The molecule has 0 aliphatic rings. The van der Waals surface area contributed by atoms with Crippen LogP contribution < -0.4 is 0 Å². The van der Waals surface area contributed by atoms with Gasteiger partial charge >= 0.3 is 5.97 Å². The molecule has 0 spiro atoms. The van der Waals surface area contributed by atoms with Gasteiger partial charge in [-0.1, -0.05) is 23.7 Å². The van der Waals surface area contributed by atoms with Gasteiger partial charge < -0.3 is 14.6 Å². The Balaban J connectivity index is 2.70. The summed E-state index contributed by atoms with van der Waals surface area (Å²) in [6, 6.07) is 7.12. The number of hydrogen-bond donors (Lipinski definition) is 1. The largest absolute Gasteiger partial charge is 0.463 e. The fourth-order valence-electron chi connectivity index (χ4n) is 1.34. The summed E-state index contributed by atoms with van der Waals surface area (Å²) in [5.41, 5.74) is 0.812. The van der Waals surface area contributed by atoms with Crippen molar-refractivity contribution in [2.75, 3.05) is 19.8 Å². The van der Waals surface area contributed by atoms with Crippen LogP contribution in [0.3, 0.4) is 0 Å². The van der Waals surface area contributed by atoms with E-state index < -0.39 is 6.10 Å². The van der Waals surface area contributed by atoms with Crippen LogP contribution in [0.2, 0.25) is 5.02 Å². The van der Waals surface area contributed by atoms with Crippen LogP contribution in [-0.4, -0.2) is 30.9 Å². The second-order valence-corrected chi connectivity index (χ2v) is 3.88. The molecule has 94 valence electrons. The fraction of sp³-hybridized carbons (Fsp3) is 0.417. The Bertz CT molecular complexity index is 367. The second kappa shape index (κ2) is 7.27. The van der Waals surface area contributed by atoms with E-state index in [-0.39, 0.29) is 25.8 Å². The van der Waals surface area contributed by atoms with Crippen LogP contribution in [0.5, 0.6) is 0 Å². The molecule has 1 aromatic rings. The number of ether oxygens (including phenoxy) is 2. The van der Waals surface area contributed by atoms with E-state index >= 15 is 0 Å². The molecule has 0 heterocycles. The molecule has 0 bridgehead atoms. The topological polar surface area (TPSA) is 55.8 Å². The van der Waals surface area contributed by atoms with Crippen molar-refractivity contribution in [2.45, 2.75) is 13.0 Å². The summed E-state index contributed by atoms with van der Waals surface area (Å²) < 4.78 is 10.3. The number of aliphatic hydroxyl groups excluding tert-OH is 1. The van der Waals surface area contributed by atoms with Crippen LogP contribution in [0.15, 0.2) is 24.3 Å². The van der Waals surface area contributed by atoms with Gasteiger partial charge in [-0.3, -0.25) is 4.79 Å². The van der Waals surface area contributed by atoms with Crippen LogP contribution in [0, 0.1) is 0 Å². The van der Waals surface area contributed by atoms with Crippen LogP contribution in [-0.2, 0) is 14.3 Å². The molecule has 0 amide bonds. The minimum absolute atomic E-state index is 0.0862.